The molecule has 1 amide bonds. The quantitative estimate of drug-likeness (QED) is 0.825. The first-order valence-electron chi connectivity index (χ1n) is 7.43. The van der Waals surface area contributed by atoms with Crippen LogP contribution in [0.2, 0.25) is 0 Å². The second-order valence-corrected chi connectivity index (χ2v) is 6.67. The molecule has 4 nitrogen and oxygen atoms in total. The van der Waals surface area contributed by atoms with E-state index in [1.165, 1.54) is 12.8 Å². The first-order chi connectivity index (χ1) is 9.69. The molecule has 1 saturated carbocycles. The highest BCUT2D eigenvalue weighted by atomic mass is 79.9. The van der Waals surface area contributed by atoms with Gasteiger partial charge in [0.25, 0.3) is 5.91 Å². The molecule has 1 atom stereocenters. The minimum atomic E-state index is 0.150. The molecule has 1 aromatic rings. The van der Waals surface area contributed by atoms with Crippen molar-refractivity contribution in [2.24, 2.45) is 5.92 Å². The van der Waals surface area contributed by atoms with Crippen molar-refractivity contribution in [2.45, 2.75) is 32.2 Å². The van der Waals surface area contributed by atoms with E-state index in [1.54, 1.807) is 0 Å². The van der Waals surface area contributed by atoms with Crippen molar-refractivity contribution in [3.05, 3.63) is 22.4 Å². The third-order valence-corrected chi connectivity index (χ3v) is 4.58. The molecule has 0 bridgehead atoms. The number of hydrogen-bond acceptors (Lipinski definition) is 2. The topological polar surface area (TPSA) is 34.5 Å². The van der Waals surface area contributed by atoms with Crippen LogP contribution in [-0.2, 0) is 4.74 Å². The van der Waals surface area contributed by atoms with Crippen LogP contribution in [-0.4, -0.2) is 41.7 Å². The lowest BCUT2D eigenvalue weighted by Gasteiger charge is -2.24. The monoisotopic (exact) mass is 340 g/mol. The third kappa shape index (κ3) is 2.93. The van der Waals surface area contributed by atoms with E-state index < -0.39 is 0 Å². The van der Waals surface area contributed by atoms with Gasteiger partial charge in [0.05, 0.1) is 6.61 Å². The number of carbonyl (C=O) groups is 1. The van der Waals surface area contributed by atoms with Gasteiger partial charge >= 0.3 is 0 Å². The van der Waals surface area contributed by atoms with Gasteiger partial charge in [-0.2, -0.15) is 0 Å². The average Bonchev–Trinajstić information content (AvgIpc) is 3.01. The first kappa shape index (κ1) is 14.1. The fraction of sp³-hybridized carbons (Fsp3) is 0.667. The summed E-state index contributed by atoms with van der Waals surface area (Å²) in [5.74, 6) is 0.642. The SMILES string of the molecule is CCN(CC1CCOC1)C(=O)c1cc(Br)cn1C1CC1. The summed E-state index contributed by atoms with van der Waals surface area (Å²) in [6, 6.07) is 2.47. The van der Waals surface area contributed by atoms with E-state index >= 15 is 0 Å². The zero-order chi connectivity index (χ0) is 14.1. The molecule has 20 heavy (non-hydrogen) atoms. The van der Waals surface area contributed by atoms with Crippen LogP contribution in [0.4, 0.5) is 0 Å². The van der Waals surface area contributed by atoms with Crippen molar-refractivity contribution in [2.75, 3.05) is 26.3 Å². The highest BCUT2D eigenvalue weighted by molar-refractivity contribution is 9.10. The van der Waals surface area contributed by atoms with E-state index in [2.05, 4.69) is 20.5 Å². The molecule has 1 saturated heterocycles. The summed E-state index contributed by atoms with van der Waals surface area (Å²) in [5, 5.41) is 0. The summed E-state index contributed by atoms with van der Waals surface area (Å²) in [7, 11) is 0. The number of nitrogens with zero attached hydrogens (tertiary/aromatic N) is 2. The molecule has 3 rings (SSSR count). The van der Waals surface area contributed by atoms with Crippen LogP contribution in [0.25, 0.3) is 0 Å². The third-order valence-electron chi connectivity index (χ3n) is 4.15. The Morgan fingerprint density at radius 1 is 1.50 bits per heavy atom. The van der Waals surface area contributed by atoms with E-state index in [0.29, 0.717) is 12.0 Å². The van der Waals surface area contributed by atoms with Crippen LogP contribution < -0.4 is 0 Å². The number of amides is 1. The molecular formula is C15H21BrN2O2. The van der Waals surface area contributed by atoms with Crippen molar-refractivity contribution in [1.82, 2.24) is 9.47 Å². The molecule has 0 radical (unpaired) electrons. The zero-order valence-electron chi connectivity index (χ0n) is 11.8. The normalized spacial score (nSPS) is 22.2. The molecule has 0 N–H and O–H groups in total. The largest absolute Gasteiger partial charge is 0.381 e. The second-order valence-electron chi connectivity index (χ2n) is 5.76. The van der Waals surface area contributed by atoms with Crippen molar-refractivity contribution in [1.29, 1.82) is 0 Å². The van der Waals surface area contributed by atoms with Gasteiger partial charge in [0, 0.05) is 42.3 Å². The number of rotatable bonds is 5. The molecular weight excluding hydrogens is 320 g/mol. The van der Waals surface area contributed by atoms with Crippen molar-refractivity contribution < 1.29 is 9.53 Å². The predicted molar refractivity (Wildman–Crippen MR) is 80.9 cm³/mol. The molecule has 110 valence electrons. The molecule has 1 aromatic heterocycles. The minimum Gasteiger partial charge on any atom is -0.381 e. The number of ether oxygens (including phenoxy) is 1. The van der Waals surface area contributed by atoms with Crippen LogP contribution in [0.15, 0.2) is 16.7 Å². The Hall–Kier alpha value is -0.810. The van der Waals surface area contributed by atoms with E-state index in [1.807, 2.05) is 24.1 Å². The first-order valence-corrected chi connectivity index (χ1v) is 8.22. The Balaban J connectivity index is 1.75. The lowest BCUT2D eigenvalue weighted by molar-refractivity contribution is 0.0720. The van der Waals surface area contributed by atoms with E-state index in [0.717, 1.165) is 42.9 Å². The smallest absolute Gasteiger partial charge is 0.270 e. The van der Waals surface area contributed by atoms with Gasteiger partial charge in [-0.15, -0.1) is 0 Å². The van der Waals surface area contributed by atoms with Crippen molar-refractivity contribution in [3.63, 3.8) is 0 Å². The van der Waals surface area contributed by atoms with Gasteiger partial charge in [-0.25, -0.2) is 0 Å². The van der Waals surface area contributed by atoms with E-state index in [-0.39, 0.29) is 5.91 Å². The van der Waals surface area contributed by atoms with Crippen molar-refractivity contribution in [3.8, 4) is 0 Å². The molecule has 2 heterocycles. The Labute approximate surface area is 128 Å². The predicted octanol–water partition coefficient (Wildman–Crippen LogP) is 3.08. The standard InChI is InChI=1S/C15H21BrN2O2/c1-2-17(8-11-5-6-20-10-11)15(19)14-7-12(16)9-18(14)13-3-4-13/h7,9,11,13H,2-6,8,10H2,1H3. The van der Waals surface area contributed by atoms with Gasteiger partial charge in [0.15, 0.2) is 0 Å². The maximum Gasteiger partial charge on any atom is 0.270 e. The van der Waals surface area contributed by atoms with E-state index in [9.17, 15) is 4.79 Å². The molecule has 1 aliphatic carbocycles. The Kier molecular flexibility index (Phi) is 4.17. The van der Waals surface area contributed by atoms with E-state index in [4.69, 9.17) is 4.74 Å². The molecule has 1 aliphatic heterocycles. The Morgan fingerprint density at radius 3 is 2.90 bits per heavy atom. The highest BCUT2D eigenvalue weighted by Crippen LogP contribution is 2.37. The Bertz CT molecular complexity index is 490. The minimum absolute atomic E-state index is 0.150. The summed E-state index contributed by atoms with van der Waals surface area (Å²) >= 11 is 3.50. The highest BCUT2D eigenvalue weighted by Gasteiger charge is 2.30. The maximum atomic E-state index is 12.8. The number of aromatic nitrogens is 1. The number of halogens is 1. The van der Waals surface area contributed by atoms with Gasteiger partial charge in [-0.3, -0.25) is 4.79 Å². The van der Waals surface area contributed by atoms with Gasteiger partial charge in [0.1, 0.15) is 5.69 Å². The molecule has 2 fully saturated rings. The lowest BCUT2D eigenvalue weighted by atomic mass is 10.1. The summed E-state index contributed by atoms with van der Waals surface area (Å²) in [6.07, 6.45) is 5.47. The lowest BCUT2D eigenvalue weighted by Crippen LogP contribution is -2.36. The van der Waals surface area contributed by atoms with Gasteiger partial charge < -0.3 is 14.2 Å². The van der Waals surface area contributed by atoms with Gasteiger partial charge in [0.2, 0.25) is 0 Å². The second kappa shape index (κ2) is 5.90. The maximum absolute atomic E-state index is 12.8. The molecule has 1 unspecified atom stereocenters. The Morgan fingerprint density at radius 2 is 2.30 bits per heavy atom. The number of hydrogen-bond donors (Lipinski definition) is 0. The summed E-state index contributed by atoms with van der Waals surface area (Å²) < 4.78 is 8.55. The van der Waals surface area contributed by atoms with Gasteiger partial charge in [-0.05, 0) is 48.2 Å². The fourth-order valence-electron chi connectivity index (χ4n) is 2.83. The average molecular weight is 341 g/mol. The van der Waals surface area contributed by atoms with Crippen LogP contribution in [0.3, 0.4) is 0 Å². The summed E-state index contributed by atoms with van der Waals surface area (Å²) in [4.78, 5) is 14.7. The fourth-order valence-corrected chi connectivity index (χ4v) is 3.27. The van der Waals surface area contributed by atoms with Crippen LogP contribution >= 0.6 is 15.9 Å². The van der Waals surface area contributed by atoms with Crippen LogP contribution in [0.1, 0.15) is 42.7 Å². The summed E-state index contributed by atoms with van der Waals surface area (Å²) in [6.45, 7) is 5.23. The number of carbonyl (C=O) groups excluding carboxylic acids is 1. The zero-order valence-corrected chi connectivity index (χ0v) is 13.4. The van der Waals surface area contributed by atoms with Crippen molar-refractivity contribution >= 4 is 21.8 Å². The summed E-state index contributed by atoms with van der Waals surface area (Å²) in [5.41, 5.74) is 0.820. The molecule has 2 aliphatic rings. The molecule has 0 aromatic carbocycles. The van der Waals surface area contributed by atoms with Crippen LogP contribution in [0, 0.1) is 5.92 Å². The molecule has 5 heteroatoms. The van der Waals surface area contributed by atoms with Gasteiger partial charge in [-0.1, -0.05) is 0 Å². The molecule has 0 spiro atoms. The van der Waals surface area contributed by atoms with Crippen LogP contribution in [0.5, 0.6) is 0 Å².